The molecule has 0 fully saturated rings. The second kappa shape index (κ2) is 7.09. The summed E-state index contributed by atoms with van der Waals surface area (Å²) >= 11 is 6.07. The monoisotopic (exact) mass is 410 g/mol. The highest BCUT2D eigenvalue weighted by Gasteiger charge is 2.20. The molecule has 1 aromatic heterocycles. The first-order valence-electron chi connectivity index (χ1n) is 7.70. The molecule has 27 heavy (non-hydrogen) atoms. The van der Waals surface area contributed by atoms with Crippen LogP contribution in [0.3, 0.4) is 0 Å². The van der Waals surface area contributed by atoms with Crippen LogP contribution in [0.15, 0.2) is 50.5 Å². The van der Waals surface area contributed by atoms with Crippen LogP contribution in [-0.2, 0) is 26.1 Å². The smallest absolute Gasteiger partial charge is 0.420 e. The van der Waals surface area contributed by atoms with E-state index in [-0.39, 0.29) is 33.2 Å². The van der Waals surface area contributed by atoms with Crippen LogP contribution >= 0.6 is 11.6 Å². The molecule has 8 nitrogen and oxygen atoms in total. The average Bonchev–Trinajstić information content (AvgIpc) is 2.92. The third kappa shape index (κ3) is 3.83. The van der Waals surface area contributed by atoms with Crippen molar-refractivity contribution in [3.05, 3.63) is 57.5 Å². The molecule has 0 saturated heterocycles. The van der Waals surface area contributed by atoms with Crippen molar-refractivity contribution in [1.82, 2.24) is 4.57 Å². The number of nitrogens with zero attached hydrogens (tertiary/aromatic N) is 1. The molecule has 0 saturated carbocycles. The van der Waals surface area contributed by atoms with Gasteiger partial charge in [-0.15, -0.1) is 0 Å². The van der Waals surface area contributed by atoms with Gasteiger partial charge in [-0.2, -0.15) is 0 Å². The highest BCUT2D eigenvalue weighted by molar-refractivity contribution is 7.92. The Kier molecular flexibility index (Phi) is 4.99. The summed E-state index contributed by atoms with van der Waals surface area (Å²) in [4.78, 5) is 23.2. The van der Waals surface area contributed by atoms with E-state index in [1.807, 2.05) is 6.92 Å². The minimum Gasteiger partial charge on any atom is -0.468 e. The van der Waals surface area contributed by atoms with Crippen LogP contribution in [0, 0.1) is 6.92 Å². The maximum absolute atomic E-state index is 12.6. The van der Waals surface area contributed by atoms with Crippen LogP contribution in [0.4, 0.5) is 5.69 Å². The Morgan fingerprint density at radius 1 is 1.26 bits per heavy atom. The van der Waals surface area contributed by atoms with Gasteiger partial charge in [0, 0.05) is 6.07 Å². The number of esters is 1. The normalized spacial score (nSPS) is 11.5. The van der Waals surface area contributed by atoms with E-state index in [2.05, 4.69) is 9.46 Å². The molecule has 3 aromatic rings. The largest absolute Gasteiger partial charge is 0.468 e. The topological polar surface area (TPSA) is 108 Å². The lowest BCUT2D eigenvalue weighted by molar-refractivity contribution is -0.141. The van der Waals surface area contributed by atoms with Gasteiger partial charge in [0.2, 0.25) is 0 Å². The number of anilines is 1. The Balaban J connectivity index is 1.99. The van der Waals surface area contributed by atoms with E-state index < -0.39 is 21.7 Å². The maximum Gasteiger partial charge on any atom is 0.420 e. The molecule has 1 heterocycles. The molecule has 0 unspecified atom stereocenters. The van der Waals surface area contributed by atoms with Crippen molar-refractivity contribution in [2.45, 2.75) is 18.4 Å². The number of methoxy groups -OCH3 is 1. The Bertz CT molecular complexity index is 1200. The number of carbonyl (C=O) groups excluding carboxylic acids is 1. The number of aryl methyl sites for hydroxylation is 1. The minimum atomic E-state index is -3.97. The lowest BCUT2D eigenvalue weighted by Gasteiger charge is -2.10. The van der Waals surface area contributed by atoms with Gasteiger partial charge in [-0.25, -0.2) is 13.2 Å². The van der Waals surface area contributed by atoms with E-state index in [0.29, 0.717) is 0 Å². The number of hydrogen-bond acceptors (Lipinski definition) is 6. The second-order valence-electron chi connectivity index (χ2n) is 5.75. The van der Waals surface area contributed by atoms with Gasteiger partial charge >= 0.3 is 11.7 Å². The summed E-state index contributed by atoms with van der Waals surface area (Å²) in [6.45, 7) is 1.49. The van der Waals surface area contributed by atoms with Gasteiger partial charge in [0.15, 0.2) is 5.58 Å². The molecule has 0 aliphatic carbocycles. The van der Waals surface area contributed by atoms with Crippen molar-refractivity contribution in [1.29, 1.82) is 0 Å². The van der Waals surface area contributed by atoms with Crippen molar-refractivity contribution in [2.24, 2.45) is 0 Å². The summed E-state index contributed by atoms with van der Waals surface area (Å²) < 4.78 is 38.3. The zero-order chi connectivity index (χ0) is 19.8. The number of fused-ring (bicyclic) bond motifs is 1. The molecular formula is C17H15ClN2O6S. The number of ether oxygens (including phenoxy) is 1. The van der Waals surface area contributed by atoms with Gasteiger partial charge in [-0.05, 0) is 36.8 Å². The molecule has 10 heteroatoms. The Labute approximate surface area is 159 Å². The number of sulfonamides is 1. The van der Waals surface area contributed by atoms with Gasteiger partial charge in [-0.1, -0.05) is 17.7 Å². The van der Waals surface area contributed by atoms with Crippen LogP contribution in [-0.4, -0.2) is 26.1 Å². The Hall–Kier alpha value is -2.78. The fraction of sp³-hybridized carbons (Fsp3) is 0.176. The van der Waals surface area contributed by atoms with Crippen molar-refractivity contribution in [3.63, 3.8) is 0 Å². The van der Waals surface area contributed by atoms with E-state index in [0.717, 1.165) is 10.1 Å². The highest BCUT2D eigenvalue weighted by atomic mass is 35.5. The highest BCUT2D eigenvalue weighted by Crippen LogP contribution is 2.26. The van der Waals surface area contributed by atoms with Gasteiger partial charge in [0.25, 0.3) is 10.0 Å². The third-order valence-corrected chi connectivity index (χ3v) is 5.51. The van der Waals surface area contributed by atoms with Crippen molar-refractivity contribution in [3.8, 4) is 0 Å². The minimum absolute atomic E-state index is 0.0294. The summed E-state index contributed by atoms with van der Waals surface area (Å²) in [7, 11) is -2.77. The van der Waals surface area contributed by atoms with Crippen molar-refractivity contribution in [2.75, 3.05) is 11.8 Å². The Morgan fingerprint density at radius 3 is 2.67 bits per heavy atom. The summed E-state index contributed by atoms with van der Waals surface area (Å²) in [5.74, 6) is -1.42. The summed E-state index contributed by atoms with van der Waals surface area (Å²) in [5, 5.41) is 0.260. The van der Waals surface area contributed by atoms with Gasteiger partial charge in [0.1, 0.15) is 6.54 Å². The summed E-state index contributed by atoms with van der Waals surface area (Å²) in [6.07, 6.45) is 0. The fourth-order valence-electron chi connectivity index (χ4n) is 2.46. The third-order valence-electron chi connectivity index (χ3n) is 3.83. The van der Waals surface area contributed by atoms with Gasteiger partial charge < -0.3 is 9.15 Å². The molecule has 0 amide bonds. The first kappa shape index (κ1) is 19.0. The van der Waals surface area contributed by atoms with Crippen LogP contribution < -0.4 is 10.5 Å². The molecule has 0 aliphatic rings. The molecule has 1 N–H and O–H groups in total. The number of oxazole rings is 1. The van der Waals surface area contributed by atoms with E-state index >= 15 is 0 Å². The number of halogens is 1. The SMILES string of the molecule is COC(=O)Cn1c(=O)oc2cc(S(=O)(=O)Nc3ccc(C)cc3Cl)ccc21. The van der Waals surface area contributed by atoms with E-state index in [1.165, 1.54) is 25.3 Å². The molecule has 0 spiro atoms. The first-order valence-corrected chi connectivity index (χ1v) is 9.56. The quantitative estimate of drug-likeness (QED) is 0.647. The van der Waals surface area contributed by atoms with Crippen LogP contribution in [0.25, 0.3) is 11.1 Å². The van der Waals surface area contributed by atoms with E-state index in [4.69, 9.17) is 16.0 Å². The molecule has 3 rings (SSSR count). The predicted molar refractivity (Wildman–Crippen MR) is 99.5 cm³/mol. The number of benzene rings is 2. The van der Waals surface area contributed by atoms with Gasteiger partial charge in [-0.3, -0.25) is 14.1 Å². The first-order chi connectivity index (χ1) is 12.7. The number of aromatic nitrogens is 1. The lowest BCUT2D eigenvalue weighted by atomic mass is 10.2. The molecule has 0 radical (unpaired) electrons. The maximum atomic E-state index is 12.6. The molecule has 0 aliphatic heterocycles. The Morgan fingerprint density at radius 2 is 2.00 bits per heavy atom. The predicted octanol–water partition coefficient (Wildman–Crippen LogP) is 2.53. The zero-order valence-electron chi connectivity index (χ0n) is 14.4. The van der Waals surface area contributed by atoms with Crippen LogP contribution in [0.5, 0.6) is 0 Å². The number of rotatable bonds is 5. The van der Waals surface area contributed by atoms with Crippen molar-refractivity contribution >= 4 is 44.4 Å². The molecule has 142 valence electrons. The van der Waals surface area contributed by atoms with Crippen LogP contribution in [0.1, 0.15) is 5.56 Å². The molecular weight excluding hydrogens is 396 g/mol. The number of nitrogens with one attached hydrogen (secondary N) is 1. The number of carbonyl (C=O) groups is 1. The fourth-order valence-corrected chi connectivity index (χ4v) is 3.90. The zero-order valence-corrected chi connectivity index (χ0v) is 15.9. The summed E-state index contributed by atoms with van der Waals surface area (Å²) in [6, 6.07) is 8.80. The summed E-state index contributed by atoms with van der Waals surface area (Å²) in [5.41, 5.74) is 1.42. The molecule has 2 aromatic carbocycles. The van der Waals surface area contributed by atoms with E-state index in [1.54, 1.807) is 18.2 Å². The standard InChI is InChI=1S/C17H15ClN2O6S/c1-10-3-5-13(12(18)7-10)19-27(23,24)11-4-6-14-15(8-11)26-17(22)20(14)9-16(21)25-2/h3-8,19H,9H2,1-2H3. The lowest BCUT2D eigenvalue weighted by Crippen LogP contribution is -2.20. The average molecular weight is 411 g/mol. The molecule has 0 atom stereocenters. The van der Waals surface area contributed by atoms with Crippen LogP contribution in [0.2, 0.25) is 5.02 Å². The second-order valence-corrected chi connectivity index (χ2v) is 7.84. The van der Waals surface area contributed by atoms with Gasteiger partial charge in [0.05, 0.1) is 28.2 Å². The number of hydrogen-bond donors (Lipinski definition) is 1. The molecule has 0 bridgehead atoms. The van der Waals surface area contributed by atoms with Crippen molar-refractivity contribution < 1.29 is 22.4 Å². The van der Waals surface area contributed by atoms with E-state index in [9.17, 15) is 18.0 Å².